The first-order valence-corrected chi connectivity index (χ1v) is 12.8. The van der Waals surface area contributed by atoms with E-state index in [0.29, 0.717) is 16.0 Å². The highest BCUT2D eigenvalue weighted by atomic mass is 127. The van der Waals surface area contributed by atoms with Gasteiger partial charge in [0.1, 0.15) is 3.72 Å². The van der Waals surface area contributed by atoms with Gasteiger partial charge in [-0.15, -0.1) is 0 Å². The minimum atomic E-state index is -1.86. The van der Waals surface area contributed by atoms with Gasteiger partial charge >= 0.3 is 0 Å². The standard InChI is InChI=1S/C20H27FIN3OSi/c1-13-14(12-26-27(5,6)20(2,3)4)7-9-16(19(22)23)18(13)25-15-8-10-17(21)24-11-15/h7-11,23,25H,12H2,1-6H3. The Morgan fingerprint density at radius 3 is 2.44 bits per heavy atom. The highest BCUT2D eigenvalue weighted by Crippen LogP contribution is 2.38. The molecule has 0 spiro atoms. The molecule has 0 unspecified atom stereocenters. The van der Waals surface area contributed by atoms with Crippen molar-refractivity contribution in [3.63, 3.8) is 0 Å². The molecule has 1 aromatic heterocycles. The van der Waals surface area contributed by atoms with Crippen molar-refractivity contribution in [2.24, 2.45) is 0 Å². The molecule has 0 radical (unpaired) electrons. The van der Waals surface area contributed by atoms with Gasteiger partial charge in [-0.3, -0.25) is 5.41 Å². The number of aromatic nitrogens is 1. The monoisotopic (exact) mass is 499 g/mol. The second kappa shape index (κ2) is 8.36. The third-order valence-electron chi connectivity index (χ3n) is 5.21. The summed E-state index contributed by atoms with van der Waals surface area (Å²) in [6.45, 7) is 13.7. The molecule has 2 rings (SSSR count). The first-order valence-electron chi connectivity index (χ1n) is 8.82. The van der Waals surface area contributed by atoms with E-state index in [1.165, 1.54) is 12.3 Å². The Bertz CT molecular complexity index is 832. The summed E-state index contributed by atoms with van der Waals surface area (Å²) in [5.41, 5.74) is 4.42. The summed E-state index contributed by atoms with van der Waals surface area (Å²) in [5, 5.41) is 11.5. The molecule has 4 nitrogen and oxygen atoms in total. The van der Waals surface area contributed by atoms with E-state index in [0.717, 1.165) is 22.4 Å². The fraction of sp³-hybridized carbons (Fsp3) is 0.400. The third kappa shape index (κ3) is 5.36. The minimum Gasteiger partial charge on any atom is -0.413 e. The van der Waals surface area contributed by atoms with E-state index in [-0.39, 0.29) is 5.04 Å². The van der Waals surface area contributed by atoms with Crippen LogP contribution in [0.25, 0.3) is 0 Å². The molecule has 0 saturated carbocycles. The van der Waals surface area contributed by atoms with Crippen LogP contribution in [-0.4, -0.2) is 17.0 Å². The molecule has 146 valence electrons. The van der Waals surface area contributed by atoms with Crippen LogP contribution in [0.5, 0.6) is 0 Å². The molecule has 0 bridgehead atoms. The normalized spacial score (nSPS) is 12.1. The summed E-state index contributed by atoms with van der Waals surface area (Å²) >= 11 is 2.00. The summed E-state index contributed by atoms with van der Waals surface area (Å²) in [6, 6.07) is 6.92. The van der Waals surface area contributed by atoms with Crippen molar-refractivity contribution in [2.75, 3.05) is 5.32 Å². The lowest BCUT2D eigenvalue weighted by molar-refractivity contribution is 0.276. The summed E-state index contributed by atoms with van der Waals surface area (Å²) < 4.78 is 19.9. The smallest absolute Gasteiger partial charge is 0.212 e. The fourth-order valence-electron chi connectivity index (χ4n) is 2.32. The Labute approximate surface area is 175 Å². The van der Waals surface area contributed by atoms with Crippen LogP contribution < -0.4 is 5.32 Å². The number of nitrogens with one attached hydrogen (secondary N) is 2. The Kier molecular flexibility index (Phi) is 6.80. The van der Waals surface area contributed by atoms with Crippen molar-refractivity contribution in [3.05, 3.63) is 53.1 Å². The van der Waals surface area contributed by atoms with Crippen LogP contribution in [-0.2, 0) is 11.0 Å². The highest BCUT2D eigenvalue weighted by Gasteiger charge is 2.37. The van der Waals surface area contributed by atoms with Crippen molar-refractivity contribution in [1.82, 2.24) is 4.98 Å². The Morgan fingerprint density at radius 1 is 1.26 bits per heavy atom. The molecule has 0 saturated heterocycles. The molecule has 2 aromatic rings. The van der Waals surface area contributed by atoms with Crippen molar-refractivity contribution in [2.45, 2.75) is 52.4 Å². The average molecular weight is 499 g/mol. The van der Waals surface area contributed by atoms with Crippen LogP contribution in [0.4, 0.5) is 15.8 Å². The van der Waals surface area contributed by atoms with E-state index in [4.69, 9.17) is 9.84 Å². The number of halogens is 2. The second-order valence-corrected chi connectivity index (χ2v) is 14.0. The van der Waals surface area contributed by atoms with Gasteiger partial charge in [0.15, 0.2) is 8.32 Å². The molecule has 27 heavy (non-hydrogen) atoms. The quantitative estimate of drug-likeness (QED) is 0.205. The van der Waals surface area contributed by atoms with Gasteiger partial charge in [0.05, 0.1) is 24.2 Å². The summed E-state index contributed by atoms with van der Waals surface area (Å²) in [4.78, 5) is 3.69. The third-order valence-corrected chi connectivity index (χ3v) is 10.3. The van der Waals surface area contributed by atoms with Crippen LogP contribution >= 0.6 is 22.6 Å². The summed E-state index contributed by atoms with van der Waals surface area (Å²) in [6.07, 6.45) is 1.45. The number of anilines is 2. The number of rotatable bonds is 6. The van der Waals surface area contributed by atoms with Gasteiger partial charge in [-0.05, 0) is 77.0 Å². The molecular formula is C20H27FIN3OSi. The first-order chi connectivity index (χ1) is 12.4. The predicted molar refractivity (Wildman–Crippen MR) is 121 cm³/mol. The summed E-state index contributed by atoms with van der Waals surface area (Å²) in [5.74, 6) is -0.518. The zero-order valence-corrected chi connectivity index (χ0v) is 19.9. The maximum Gasteiger partial charge on any atom is 0.212 e. The largest absolute Gasteiger partial charge is 0.413 e. The van der Waals surface area contributed by atoms with E-state index >= 15 is 0 Å². The van der Waals surface area contributed by atoms with Gasteiger partial charge in [-0.2, -0.15) is 4.39 Å². The van der Waals surface area contributed by atoms with Crippen LogP contribution in [0, 0.1) is 18.3 Å². The lowest BCUT2D eigenvalue weighted by Crippen LogP contribution is -2.40. The Morgan fingerprint density at radius 2 is 1.93 bits per heavy atom. The van der Waals surface area contributed by atoms with E-state index < -0.39 is 14.3 Å². The van der Waals surface area contributed by atoms with Crippen molar-refractivity contribution >= 4 is 46.0 Å². The highest BCUT2D eigenvalue weighted by molar-refractivity contribution is 14.1. The number of hydrogen-bond acceptors (Lipinski definition) is 4. The molecular weight excluding hydrogens is 472 g/mol. The van der Waals surface area contributed by atoms with Crippen molar-refractivity contribution in [3.8, 4) is 0 Å². The first kappa shape index (κ1) is 22.0. The molecule has 0 aliphatic rings. The maximum atomic E-state index is 13.1. The molecule has 0 fully saturated rings. The molecule has 0 amide bonds. The minimum absolute atomic E-state index is 0.145. The van der Waals surface area contributed by atoms with Crippen LogP contribution in [0.3, 0.4) is 0 Å². The van der Waals surface area contributed by atoms with E-state index in [1.54, 1.807) is 6.07 Å². The Hall–Kier alpha value is -1.32. The fourth-order valence-corrected chi connectivity index (χ4v) is 3.72. The topological polar surface area (TPSA) is 58.0 Å². The van der Waals surface area contributed by atoms with E-state index in [9.17, 15) is 4.39 Å². The van der Waals surface area contributed by atoms with Gasteiger partial charge in [-0.1, -0.05) is 26.8 Å². The average Bonchev–Trinajstić information content (AvgIpc) is 2.56. The molecule has 0 aliphatic carbocycles. The lowest BCUT2D eigenvalue weighted by atomic mass is 10.0. The lowest BCUT2D eigenvalue weighted by Gasteiger charge is -2.36. The van der Waals surface area contributed by atoms with Crippen LogP contribution in [0.2, 0.25) is 18.1 Å². The molecule has 0 atom stereocenters. The predicted octanol–water partition coefficient (Wildman–Crippen LogP) is 6.55. The van der Waals surface area contributed by atoms with Gasteiger partial charge in [0, 0.05) is 5.56 Å². The molecule has 2 N–H and O–H groups in total. The van der Waals surface area contributed by atoms with Gasteiger partial charge in [0.25, 0.3) is 0 Å². The van der Waals surface area contributed by atoms with E-state index in [1.807, 2.05) is 41.6 Å². The Balaban J connectivity index is 2.36. The van der Waals surface area contributed by atoms with E-state index in [2.05, 4.69) is 44.2 Å². The van der Waals surface area contributed by atoms with Crippen molar-refractivity contribution in [1.29, 1.82) is 5.41 Å². The SMILES string of the molecule is Cc1c(CO[Si](C)(C)C(C)(C)C)ccc(C(=N)I)c1Nc1ccc(F)nc1. The molecule has 7 heteroatoms. The number of benzene rings is 1. The van der Waals surface area contributed by atoms with Crippen LogP contribution in [0.1, 0.15) is 37.5 Å². The number of nitrogens with zero attached hydrogens (tertiary/aromatic N) is 1. The number of pyridine rings is 1. The zero-order chi connectivity index (χ0) is 20.4. The van der Waals surface area contributed by atoms with Gasteiger partial charge in [-0.25, -0.2) is 4.98 Å². The molecule has 1 aromatic carbocycles. The molecule has 1 heterocycles. The maximum absolute atomic E-state index is 13.1. The van der Waals surface area contributed by atoms with Crippen molar-refractivity contribution < 1.29 is 8.82 Å². The molecule has 0 aliphatic heterocycles. The summed E-state index contributed by atoms with van der Waals surface area (Å²) in [7, 11) is -1.86. The zero-order valence-electron chi connectivity index (χ0n) is 16.7. The van der Waals surface area contributed by atoms with Gasteiger partial charge < -0.3 is 9.74 Å². The van der Waals surface area contributed by atoms with Gasteiger partial charge in [0.2, 0.25) is 5.95 Å². The second-order valence-electron chi connectivity index (χ2n) is 8.13. The number of hydrogen-bond donors (Lipinski definition) is 2. The van der Waals surface area contributed by atoms with Crippen LogP contribution in [0.15, 0.2) is 30.5 Å².